The molecule has 2 unspecified atom stereocenters. The standard InChI is InChI=1S/C13H23F3N2O2/c1-4-20-11(19)12(3,17)7-9(2)18(10-5-6-10)8-13(14,15)16/h9-10H,4-8,17H2,1-3H3. The first kappa shape index (κ1) is 17.2. The van der Waals surface area contributed by atoms with E-state index >= 15 is 0 Å². The van der Waals surface area contributed by atoms with Crippen LogP contribution >= 0.6 is 0 Å². The normalized spacial score (nSPS) is 20.6. The van der Waals surface area contributed by atoms with E-state index in [4.69, 9.17) is 10.5 Å². The second-order valence-electron chi connectivity index (χ2n) is 5.71. The minimum atomic E-state index is -4.24. The van der Waals surface area contributed by atoms with Crippen LogP contribution < -0.4 is 5.73 Å². The van der Waals surface area contributed by atoms with Gasteiger partial charge in [-0.2, -0.15) is 13.2 Å². The first-order valence-electron chi connectivity index (χ1n) is 6.85. The molecule has 1 saturated carbocycles. The molecule has 0 bridgehead atoms. The van der Waals surface area contributed by atoms with Crippen molar-refractivity contribution in [3.8, 4) is 0 Å². The molecule has 1 rings (SSSR count). The van der Waals surface area contributed by atoms with E-state index in [9.17, 15) is 18.0 Å². The molecule has 0 aliphatic heterocycles. The van der Waals surface area contributed by atoms with Gasteiger partial charge >= 0.3 is 12.1 Å². The average molecular weight is 296 g/mol. The van der Waals surface area contributed by atoms with Crippen molar-refractivity contribution < 1.29 is 22.7 Å². The number of rotatable bonds is 7. The van der Waals surface area contributed by atoms with Crippen LogP contribution in [0.2, 0.25) is 0 Å². The number of ether oxygens (including phenoxy) is 1. The number of nitrogens with two attached hydrogens (primary N) is 1. The van der Waals surface area contributed by atoms with Gasteiger partial charge in [0.2, 0.25) is 0 Å². The predicted octanol–water partition coefficient (Wildman–Crippen LogP) is 2.07. The van der Waals surface area contributed by atoms with Gasteiger partial charge in [-0.25, -0.2) is 0 Å². The summed E-state index contributed by atoms with van der Waals surface area (Å²) < 4.78 is 42.7. The van der Waals surface area contributed by atoms with Crippen LogP contribution in [0.25, 0.3) is 0 Å². The van der Waals surface area contributed by atoms with Gasteiger partial charge in [0, 0.05) is 12.1 Å². The quantitative estimate of drug-likeness (QED) is 0.731. The summed E-state index contributed by atoms with van der Waals surface area (Å²) in [6, 6.07) is -0.479. The lowest BCUT2D eigenvalue weighted by atomic mass is 9.94. The molecule has 0 aromatic rings. The van der Waals surface area contributed by atoms with Crippen molar-refractivity contribution in [1.82, 2.24) is 4.90 Å². The van der Waals surface area contributed by atoms with Gasteiger partial charge < -0.3 is 10.5 Å². The van der Waals surface area contributed by atoms with E-state index in [1.807, 2.05) is 0 Å². The smallest absolute Gasteiger partial charge is 0.401 e. The summed E-state index contributed by atoms with van der Waals surface area (Å²) in [7, 11) is 0. The molecule has 7 heteroatoms. The predicted molar refractivity (Wildman–Crippen MR) is 69.1 cm³/mol. The molecule has 4 nitrogen and oxygen atoms in total. The Balaban J connectivity index is 2.66. The highest BCUT2D eigenvalue weighted by atomic mass is 19.4. The third-order valence-electron chi connectivity index (χ3n) is 3.41. The third kappa shape index (κ3) is 5.28. The molecule has 0 spiro atoms. The molecule has 118 valence electrons. The number of hydrogen-bond donors (Lipinski definition) is 1. The largest absolute Gasteiger partial charge is 0.465 e. The van der Waals surface area contributed by atoms with E-state index in [1.54, 1.807) is 13.8 Å². The fourth-order valence-electron chi connectivity index (χ4n) is 2.37. The molecule has 2 N–H and O–H groups in total. The van der Waals surface area contributed by atoms with Crippen LogP contribution in [0.5, 0.6) is 0 Å². The molecule has 0 aromatic heterocycles. The van der Waals surface area contributed by atoms with Crippen molar-refractivity contribution in [2.45, 2.75) is 63.8 Å². The number of esters is 1. The molecular weight excluding hydrogens is 273 g/mol. The van der Waals surface area contributed by atoms with Gasteiger partial charge in [-0.3, -0.25) is 9.69 Å². The molecule has 0 aromatic carbocycles. The second kappa shape index (κ2) is 6.30. The maximum Gasteiger partial charge on any atom is 0.401 e. The Hall–Kier alpha value is -0.820. The lowest BCUT2D eigenvalue weighted by Crippen LogP contribution is -2.52. The number of carbonyl (C=O) groups excluding carboxylic acids is 1. The van der Waals surface area contributed by atoms with E-state index in [0.717, 1.165) is 12.8 Å². The summed E-state index contributed by atoms with van der Waals surface area (Å²) in [5, 5.41) is 0. The Morgan fingerprint density at radius 2 is 2.00 bits per heavy atom. The molecular formula is C13H23F3N2O2. The van der Waals surface area contributed by atoms with Crippen molar-refractivity contribution >= 4 is 5.97 Å². The van der Waals surface area contributed by atoms with E-state index in [2.05, 4.69) is 0 Å². The molecule has 0 saturated heterocycles. The lowest BCUT2D eigenvalue weighted by Gasteiger charge is -2.34. The zero-order valence-corrected chi connectivity index (χ0v) is 12.2. The van der Waals surface area contributed by atoms with Crippen LogP contribution in [0.15, 0.2) is 0 Å². The highest BCUT2D eigenvalue weighted by Gasteiger charge is 2.42. The van der Waals surface area contributed by atoms with Crippen LogP contribution in [-0.4, -0.2) is 47.8 Å². The van der Waals surface area contributed by atoms with Gasteiger partial charge in [0.1, 0.15) is 5.54 Å². The molecule has 20 heavy (non-hydrogen) atoms. The number of halogens is 3. The number of alkyl halides is 3. The summed E-state index contributed by atoms with van der Waals surface area (Å²) in [4.78, 5) is 13.1. The van der Waals surface area contributed by atoms with Crippen molar-refractivity contribution in [3.63, 3.8) is 0 Å². The van der Waals surface area contributed by atoms with Gasteiger partial charge in [0.05, 0.1) is 13.2 Å². The SMILES string of the molecule is CCOC(=O)C(C)(N)CC(C)N(CC(F)(F)F)C1CC1. The Kier molecular flexibility index (Phi) is 5.43. The topological polar surface area (TPSA) is 55.6 Å². The van der Waals surface area contributed by atoms with Gasteiger partial charge in [-0.05, 0) is 40.0 Å². The van der Waals surface area contributed by atoms with Crippen molar-refractivity contribution in [2.75, 3.05) is 13.2 Å². The van der Waals surface area contributed by atoms with Gasteiger partial charge in [-0.1, -0.05) is 0 Å². The molecule has 0 heterocycles. The number of hydrogen-bond acceptors (Lipinski definition) is 4. The summed E-state index contributed by atoms with van der Waals surface area (Å²) in [6.45, 7) is 4.08. The highest BCUT2D eigenvalue weighted by molar-refractivity contribution is 5.80. The molecule has 2 atom stereocenters. The van der Waals surface area contributed by atoms with Gasteiger partial charge in [-0.15, -0.1) is 0 Å². The van der Waals surface area contributed by atoms with Crippen LogP contribution in [0.4, 0.5) is 13.2 Å². The fraction of sp³-hybridized carbons (Fsp3) is 0.923. The second-order valence-corrected chi connectivity index (χ2v) is 5.71. The summed E-state index contributed by atoms with van der Waals surface area (Å²) in [6.07, 6.45) is -2.58. The van der Waals surface area contributed by atoms with Crippen molar-refractivity contribution in [3.05, 3.63) is 0 Å². The van der Waals surface area contributed by atoms with Crippen LogP contribution in [0.1, 0.15) is 40.0 Å². The molecule has 1 fully saturated rings. The zero-order valence-electron chi connectivity index (χ0n) is 12.2. The average Bonchev–Trinajstić information content (AvgIpc) is 3.08. The minimum Gasteiger partial charge on any atom is -0.465 e. The summed E-state index contributed by atoms with van der Waals surface area (Å²) in [5.41, 5.74) is 4.62. The Labute approximate surface area is 117 Å². The van der Waals surface area contributed by atoms with Gasteiger partial charge in [0.25, 0.3) is 0 Å². The van der Waals surface area contributed by atoms with Crippen LogP contribution in [0.3, 0.4) is 0 Å². The number of carbonyl (C=O) groups is 1. The summed E-state index contributed by atoms with van der Waals surface area (Å²) in [5.74, 6) is -0.574. The minimum absolute atomic E-state index is 0.0513. The van der Waals surface area contributed by atoms with Crippen LogP contribution in [0, 0.1) is 0 Å². The van der Waals surface area contributed by atoms with Crippen LogP contribution in [-0.2, 0) is 9.53 Å². The van der Waals surface area contributed by atoms with Crippen molar-refractivity contribution in [2.24, 2.45) is 5.73 Å². The lowest BCUT2D eigenvalue weighted by molar-refractivity contribution is -0.155. The highest BCUT2D eigenvalue weighted by Crippen LogP contribution is 2.33. The maximum atomic E-state index is 12.6. The first-order chi connectivity index (χ1) is 9.07. The van der Waals surface area contributed by atoms with Gasteiger partial charge in [0.15, 0.2) is 0 Å². The molecule has 1 aliphatic rings. The van der Waals surface area contributed by atoms with E-state index in [1.165, 1.54) is 11.8 Å². The maximum absolute atomic E-state index is 12.6. The van der Waals surface area contributed by atoms with E-state index in [0.29, 0.717) is 0 Å². The zero-order chi connectivity index (χ0) is 15.6. The monoisotopic (exact) mass is 296 g/mol. The number of nitrogens with zero attached hydrogens (tertiary/aromatic N) is 1. The van der Waals surface area contributed by atoms with E-state index < -0.39 is 30.3 Å². The third-order valence-corrected chi connectivity index (χ3v) is 3.41. The molecule has 0 amide bonds. The molecule has 1 aliphatic carbocycles. The fourth-order valence-corrected chi connectivity index (χ4v) is 2.37. The molecule has 0 radical (unpaired) electrons. The van der Waals surface area contributed by atoms with E-state index in [-0.39, 0.29) is 19.1 Å². The first-order valence-corrected chi connectivity index (χ1v) is 6.85. The summed E-state index contributed by atoms with van der Waals surface area (Å²) >= 11 is 0. The Morgan fingerprint density at radius 3 is 2.40 bits per heavy atom. The Morgan fingerprint density at radius 1 is 1.45 bits per heavy atom. The van der Waals surface area contributed by atoms with Crippen molar-refractivity contribution in [1.29, 1.82) is 0 Å². The Bertz CT molecular complexity index is 341.